The van der Waals surface area contributed by atoms with E-state index in [1.165, 1.54) is 38.2 Å². The van der Waals surface area contributed by atoms with Crippen LogP contribution in [0.25, 0.3) is 0 Å². The van der Waals surface area contributed by atoms with E-state index in [0.717, 1.165) is 30.1 Å². The van der Waals surface area contributed by atoms with Crippen LogP contribution in [0, 0.1) is 12.7 Å². The Labute approximate surface area is 191 Å². The number of aryl methyl sites for hydroxylation is 1. The highest BCUT2D eigenvalue weighted by Crippen LogP contribution is 2.31. The Balaban J connectivity index is 1.47. The van der Waals surface area contributed by atoms with Crippen molar-refractivity contribution in [1.29, 1.82) is 0 Å². The van der Waals surface area contributed by atoms with E-state index in [2.05, 4.69) is 20.3 Å². The first-order valence-corrected chi connectivity index (χ1v) is 11.7. The number of urea groups is 1. The predicted octanol–water partition coefficient (Wildman–Crippen LogP) is 3.70. The second kappa shape index (κ2) is 11.8. The molecule has 3 rings (SSSR count). The molecule has 32 heavy (non-hydrogen) atoms. The summed E-state index contributed by atoms with van der Waals surface area (Å²) in [5, 5.41) is 9.07. The van der Waals surface area contributed by atoms with Crippen molar-refractivity contribution < 1.29 is 18.7 Å². The fourth-order valence-corrected chi connectivity index (χ4v) is 4.38. The second-order valence-electron chi connectivity index (χ2n) is 7.96. The molecule has 0 saturated heterocycles. The van der Waals surface area contributed by atoms with Crippen LogP contribution in [0.15, 0.2) is 18.2 Å². The SMILES string of the molecule is Cc1ccc(COc2nsc(NC(=O)NCCCNC3CCCCC3)c2C(N)=O)c(F)c1. The molecular formula is C22H30FN5O3S. The number of aromatic nitrogens is 1. The highest BCUT2D eigenvalue weighted by Gasteiger charge is 2.22. The molecule has 0 unspecified atom stereocenters. The molecule has 1 aromatic carbocycles. The van der Waals surface area contributed by atoms with E-state index in [1.54, 1.807) is 19.1 Å². The van der Waals surface area contributed by atoms with Crippen LogP contribution in [-0.2, 0) is 6.61 Å². The maximum Gasteiger partial charge on any atom is 0.319 e. The van der Waals surface area contributed by atoms with Crippen LogP contribution in [0.4, 0.5) is 14.2 Å². The molecule has 1 aliphatic rings. The number of carbonyl (C=O) groups is 2. The minimum absolute atomic E-state index is 0.0309. The fourth-order valence-electron chi connectivity index (χ4n) is 3.64. The van der Waals surface area contributed by atoms with Crippen molar-refractivity contribution in [2.75, 3.05) is 18.4 Å². The summed E-state index contributed by atoms with van der Waals surface area (Å²) < 4.78 is 23.6. The Morgan fingerprint density at radius 2 is 2.03 bits per heavy atom. The Bertz CT molecular complexity index is 930. The first-order chi connectivity index (χ1) is 15.4. The maximum atomic E-state index is 14.0. The van der Waals surface area contributed by atoms with Gasteiger partial charge < -0.3 is 21.1 Å². The summed E-state index contributed by atoms with van der Waals surface area (Å²) in [5.74, 6) is -1.23. The Morgan fingerprint density at radius 1 is 1.25 bits per heavy atom. The van der Waals surface area contributed by atoms with Gasteiger partial charge in [-0.1, -0.05) is 31.4 Å². The summed E-state index contributed by atoms with van der Waals surface area (Å²) >= 11 is 0.883. The van der Waals surface area contributed by atoms with Gasteiger partial charge in [-0.2, -0.15) is 4.37 Å². The lowest BCUT2D eigenvalue weighted by Crippen LogP contribution is -2.35. The van der Waals surface area contributed by atoms with Gasteiger partial charge in [0.2, 0.25) is 5.88 Å². The number of benzene rings is 1. The van der Waals surface area contributed by atoms with Crippen LogP contribution in [0.5, 0.6) is 5.88 Å². The lowest BCUT2D eigenvalue weighted by Gasteiger charge is -2.22. The van der Waals surface area contributed by atoms with Gasteiger partial charge in [-0.05, 0) is 55.9 Å². The Morgan fingerprint density at radius 3 is 2.75 bits per heavy atom. The molecule has 1 fully saturated rings. The number of nitrogens with one attached hydrogen (secondary N) is 3. The number of anilines is 1. The number of carbonyl (C=O) groups excluding carboxylic acids is 2. The molecule has 0 spiro atoms. The smallest absolute Gasteiger partial charge is 0.319 e. The number of nitrogens with two attached hydrogens (primary N) is 1. The first-order valence-electron chi connectivity index (χ1n) is 10.9. The number of ether oxygens (including phenoxy) is 1. The Hall–Kier alpha value is -2.72. The molecule has 0 radical (unpaired) electrons. The predicted molar refractivity (Wildman–Crippen MR) is 123 cm³/mol. The number of amides is 3. The summed E-state index contributed by atoms with van der Waals surface area (Å²) in [5.41, 5.74) is 6.55. The monoisotopic (exact) mass is 463 g/mol. The standard InChI is InChI=1S/C22H30FN5O3S/c1-14-8-9-15(17(23)12-14)13-31-20-18(19(24)29)21(32-28-20)27-22(30)26-11-5-10-25-16-6-3-2-4-7-16/h8-9,12,16,25H,2-7,10-11,13H2,1H3,(H2,24,29)(H2,26,27,30). The summed E-state index contributed by atoms with van der Waals surface area (Å²) in [6.07, 6.45) is 7.11. The lowest BCUT2D eigenvalue weighted by atomic mass is 9.95. The van der Waals surface area contributed by atoms with Crippen molar-refractivity contribution in [2.24, 2.45) is 5.73 Å². The number of nitrogens with zero attached hydrogens (tertiary/aromatic N) is 1. The van der Waals surface area contributed by atoms with E-state index < -0.39 is 17.8 Å². The normalized spacial score (nSPS) is 14.2. The zero-order valence-corrected chi connectivity index (χ0v) is 19.0. The summed E-state index contributed by atoms with van der Waals surface area (Å²) in [4.78, 5) is 24.1. The molecule has 0 bridgehead atoms. The third-order valence-corrected chi connectivity index (χ3v) is 6.13. The number of hydrogen-bond donors (Lipinski definition) is 4. The zero-order chi connectivity index (χ0) is 22.9. The highest BCUT2D eigenvalue weighted by atomic mass is 32.1. The molecule has 1 aliphatic carbocycles. The minimum atomic E-state index is -0.787. The van der Waals surface area contributed by atoms with Crippen LogP contribution in [0.3, 0.4) is 0 Å². The molecule has 2 aromatic rings. The second-order valence-corrected chi connectivity index (χ2v) is 8.74. The molecule has 0 aliphatic heterocycles. The van der Waals surface area contributed by atoms with Crippen LogP contribution in [-0.4, -0.2) is 35.4 Å². The molecule has 3 amide bonds. The number of halogens is 1. The highest BCUT2D eigenvalue weighted by molar-refractivity contribution is 7.11. The van der Waals surface area contributed by atoms with E-state index in [4.69, 9.17) is 10.5 Å². The fraction of sp³-hybridized carbons (Fsp3) is 0.500. The van der Waals surface area contributed by atoms with Crippen molar-refractivity contribution >= 4 is 28.5 Å². The van der Waals surface area contributed by atoms with Crippen molar-refractivity contribution in [1.82, 2.24) is 15.0 Å². The van der Waals surface area contributed by atoms with Gasteiger partial charge >= 0.3 is 6.03 Å². The average Bonchev–Trinajstić information content (AvgIpc) is 3.16. The van der Waals surface area contributed by atoms with Gasteiger partial charge in [0.05, 0.1) is 0 Å². The van der Waals surface area contributed by atoms with Gasteiger partial charge in [-0.3, -0.25) is 10.1 Å². The van der Waals surface area contributed by atoms with Gasteiger partial charge in [-0.25, -0.2) is 9.18 Å². The summed E-state index contributed by atoms with van der Waals surface area (Å²) in [6.45, 7) is 3.00. The van der Waals surface area contributed by atoms with Crippen molar-refractivity contribution in [3.8, 4) is 5.88 Å². The number of rotatable bonds is 10. The average molecular weight is 464 g/mol. The number of hydrogen-bond acceptors (Lipinski definition) is 6. The third kappa shape index (κ3) is 6.89. The maximum absolute atomic E-state index is 14.0. The number of primary amides is 1. The van der Waals surface area contributed by atoms with Gasteiger partial charge in [0, 0.05) is 18.2 Å². The van der Waals surface area contributed by atoms with E-state index in [0.29, 0.717) is 18.2 Å². The molecule has 1 heterocycles. The quantitative estimate of drug-likeness (QED) is 0.401. The molecule has 5 N–H and O–H groups in total. The lowest BCUT2D eigenvalue weighted by molar-refractivity contribution is 0.0996. The Kier molecular flexibility index (Phi) is 8.81. The first kappa shape index (κ1) is 23.9. The van der Waals surface area contributed by atoms with Crippen LogP contribution < -0.4 is 26.4 Å². The van der Waals surface area contributed by atoms with E-state index in [9.17, 15) is 14.0 Å². The van der Waals surface area contributed by atoms with Crippen molar-refractivity contribution in [3.63, 3.8) is 0 Å². The zero-order valence-electron chi connectivity index (χ0n) is 18.2. The van der Waals surface area contributed by atoms with E-state index >= 15 is 0 Å². The van der Waals surface area contributed by atoms with Gasteiger partial charge in [0.25, 0.3) is 5.91 Å². The van der Waals surface area contributed by atoms with E-state index in [1.807, 2.05) is 0 Å². The van der Waals surface area contributed by atoms with Gasteiger partial charge in [0.1, 0.15) is 23.0 Å². The summed E-state index contributed by atoms with van der Waals surface area (Å²) in [7, 11) is 0. The molecule has 174 valence electrons. The topological polar surface area (TPSA) is 118 Å². The van der Waals surface area contributed by atoms with Crippen LogP contribution in [0.2, 0.25) is 0 Å². The molecular weight excluding hydrogens is 433 g/mol. The molecule has 1 saturated carbocycles. The third-order valence-electron chi connectivity index (χ3n) is 5.38. The molecule has 0 atom stereocenters. The minimum Gasteiger partial charge on any atom is -0.471 e. The van der Waals surface area contributed by atoms with Crippen LogP contribution >= 0.6 is 11.5 Å². The van der Waals surface area contributed by atoms with Gasteiger partial charge in [-0.15, -0.1) is 0 Å². The van der Waals surface area contributed by atoms with Crippen molar-refractivity contribution in [2.45, 2.75) is 58.1 Å². The molecule has 1 aromatic heterocycles. The summed E-state index contributed by atoms with van der Waals surface area (Å²) in [6, 6.07) is 4.90. The molecule has 10 heteroatoms. The largest absolute Gasteiger partial charge is 0.471 e. The van der Waals surface area contributed by atoms with Gasteiger partial charge in [0.15, 0.2) is 0 Å². The van der Waals surface area contributed by atoms with Crippen molar-refractivity contribution in [3.05, 3.63) is 40.7 Å². The van der Waals surface area contributed by atoms with E-state index in [-0.39, 0.29) is 23.1 Å². The molecule has 8 nitrogen and oxygen atoms in total. The van der Waals surface area contributed by atoms with Crippen LogP contribution in [0.1, 0.15) is 60.0 Å².